The highest BCUT2D eigenvalue weighted by Crippen LogP contribution is 2.11. The molecule has 2 amide bonds. The van der Waals surface area contributed by atoms with Gasteiger partial charge in [0.25, 0.3) is 5.91 Å². The van der Waals surface area contributed by atoms with Crippen LogP contribution < -0.4 is 10.6 Å². The first-order valence-corrected chi connectivity index (χ1v) is 6.62. The summed E-state index contributed by atoms with van der Waals surface area (Å²) in [6, 6.07) is 0.277. The zero-order chi connectivity index (χ0) is 14.7. The summed E-state index contributed by atoms with van der Waals surface area (Å²) in [6.45, 7) is 3.82. The van der Waals surface area contributed by atoms with Gasteiger partial charge in [-0.15, -0.1) is 5.10 Å². The van der Waals surface area contributed by atoms with Crippen LogP contribution in [0.2, 0.25) is 0 Å². The van der Waals surface area contributed by atoms with Gasteiger partial charge in [0.05, 0.1) is 18.2 Å². The van der Waals surface area contributed by atoms with E-state index in [9.17, 15) is 9.59 Å². The molecule has 0 spiro atoms. The average Bonchev–Trinajstić information content (AvgIpc) is 2.83. The molecule has 1 aliphatic heterocycles. The Kier molecular flexibility index (Phi) is 4.33. The number of amides is 2. The molecule has 2 rings (SSSR count). The van der Waals surface area contributed by atoms with Crippen molar-refractivity contribution in [2.24, 2.45) is 5.92 Å². The lowest BCUT2D eigenvalue weighted by atomic mass is 10.1. The van der Waals surface area contributed by atoms with Crippen LogP contribution >= 0.6 is 0 Å². The fraction of sp³-hybridized carbons (Fsp3) is 0.667. The molecule has 1 aromatic heterocycles. The maximum atomic E-state index is 12.2. The SMILES string of the molecule is CNC(=O)C(C)CN(C)C(=O)c1cn(C2CNC2)nn1. The molecule has 0 aliphatic carbocycles. The highest BCUT2D eigenvalue weighted by molar-refractivity contribution is 5.92. The Morgan fingerprint density at radius 1 is 1.60 bits per heavy atom. The zero-order valence-corrected chi connectivity index (χ0v) is 12.0. The summed E-state index contributed by atoms with van der Waals surface area (Å²) in [4.78, 5) is 25.1. The van der Waals surface area contributed by atoms with Gasteiger partial charge in [0, 0.05) is 33.7 Å². The monoisotopic (exact) mass is 280 g/mol. The molecule has 0 saturated carbocycles. The Morgan fingerprint density at radius 3 is 2.85 bits per heavy atom. The summed E-state index contributed by atoms with van der Waals surface area (Å²) in [5.41, 5.74) is 0.309. The van der Waals surface area contributed by atoms with Gasteiger partial charge in [-0.25, -0.2) is 4.68 Å². The van der Waals surface area contributed by atoms with E-state index in [4.69, 9.17) is 0 Å². The van der Waals surface area contributed by atoms with E-state index in [1.165, 1.54) is 4.90 Å². The topological polar surface area (TPSA) is 92.2 Å². The second-order valence-corrected chi connectivity index (χ2v) is 5.10. The van der Waals surface area contributed by atoms with Crippen molar-refractivity contribution in [1.29, 1.82) is 0 Å². The Balaban J connectivity index is 1.95. The Bertz CT molecular complexity index is 496. The maximum Gasteiger partial charge on any atom is 0.275 e. The Hall–Kier alpha value is -1.96. The maximum absolute atomic E-state index is 12.2. The summed E-state index contributed by atoms with van der Waals surface area (Å²) < 4.78 is 1.71. The lowest BCUT2D eigenvalue weighted by molar-refractivity contribution is -0.124. The van der Waals surface area contributed by atoms with Gasteiger partial charge < -0.3 is 15.5 Å². The van der Waals surface area contributed by atoms with E-state index in [-0.39, 0.29) is 23.8 Å². The summed E-state index contributed by atoms with van der Waals surface area (Å²) in [5.74, 6) is -0.576. The Morgan fingerprint density at radius 2 is 2.30 bits per heavy atom. The van der Waals surface area contributed by atoms with Gasteiger partial charge in [-0.05, 0) is 0 Å². The third-order valence-corrected chi connectivity index (χ3v) is 3.45. The molecule has 8 heteroatoms. The first-order valence-electron chi connectivity index (χ1n) is 6.62. The zero-order valence-electron chi connectivity index (χ0n) is 12.0. The van der Waals surface area contributed by atoms with Crippen LogP contribution in [-0.4, -0.2) is 65.4 Å². The average molecular weight is 280 g/mol. The van der Waals surface area contributed by atoms with E-state index in [0.29, 0.717) is 12.2 Å². The van der Waals surface area contributed by atoms with Gasteiger partial charge in [-0.1, -0.05) is 12.1 Å². The minimum atomic E-state index is -0.264. The lowest BCUT2D eigenvalue weighted by Gasteiger charge is -2.26. The van der Waals surface area contributed by atoms with Crippen LogP contribution in [0.3, 0.4) is 0 Å². The van der Waals surface area contributed by atoms with Gasteiger partial charge in [-0.3, -0.25) is 9.59 Å². The molecular formula is C12H20N6O2. The molecule has 1 atom stereocenters. The highest BCUT2D eigenvalue weighted by atomic mass is 16.2. The number of hydrogen-bond acceptors (Lipinski definition) is 5. The first-order chi connectivity index (χ1) is 9.52. The van der Waals surface area contributed by atoms with Crippen molar-refractivity contribution >= 4 is 11.8 Å². The fourth-order valence-electron chi connectivity index (χ4n) is 2.03. The third-order valence-electron chi connectivity index (χ3n) is 3.45. The van der Waals surface area contributed by atoms with Crippen molar-refractivity contribution in [3.8, 4) is 0 Å². The standard InChI is InChI=1S/C12H20N6O2/c1-8(11(19)13-2)6-17(3)12(20)10-7-18(16-15-10)9-4-14-5-9/h7-9,14H,4-6H2,1-3H3,(H,13,19). The van der Waals surface area contributed by atoms with Crippen molar-refractivity contribution in [2.45, 2.75) is 13.0 Å². The quantitative estimate of drug-likeness (QED) is 0.712. The third kappa shape index (κ3) is 2.96. The molecule has 20 heavy (non-hydrogen) atoms. The van der Waals surface area contributed by atoms with E-state index in [1.807, 2.05) is 0 Å². The van der Waals surface area contributed by atoms with Crippen LogP contribution in [0.1, 0.15) is 23.5 Å². The smallest absolute Gasteiger partial charge is 0.275 e. The molecule has 2 heterocycles. The summed E-state index contributed by atoms with van der Waals surface area (Å²) in [6.07, 6.45) is 1.66. The molecule has 0 radical (unpaired) electrons. The lowest BCUT2D eigenvalue weighted by Crippen LogP contribution is -2.43. The van der Waals surface area contributed by atoms with Crippen molar-refractivity contribution in [2.75, 3.05) is 33.7 Å². The van der Waals surface area contributed by atoms with Gasteiger partial charge in [-0.2, -0.15) is 0 Å². The largest absolute Gasteiger partial charge is 0.359 e. The Labute approximate surface area is 117 Å². The predicted molar refractivity (Wildman–Crippen MR) is 72.1 cm³/mol. The number of rotatable bonds is 5. The predicted octanol–water partition coefficient (Wildman–Crippen LogP) is -1.12. The van der Waals surface area contributed by atoms with Crippen LogP contribution in [0, 0.1) is 5.92 Å². The number of carbonyl (C=O) groups is 2. The van der Waals surface area contributed by atoms with Gasteiger partial charge in [0.1, 0.15) is 0 Å². The molecule has 2 N–H and O–H groups in total. The molecule has 0 aromatic carbocycles. The molecular weight excluding hydrogens is 260 g/mol. The second kappa shape index (κ2) is 6.00. The van der Waals surface area contributed by atoms with E-state index in [2.05, 4.69) is 20.9 Å². The first kappa shape index (κ1) is 14.4. The summed E-state index contributed by atoms with van der Waals surface area (Å²) >= 11 is 0. The van der Waals surface area contributed by atoms with Crippen LogP contribution in [0.25, 0.3) is 0 Å². The fourth-order valence-corrected chi connectivity index (χ4v) is 2.03. The van der Waals surface area contributed by atoms with Crippen LogP contribution in [-0.2, 0) is 4.79 Å². The van der Waals surface area contributed by atoms with E-state index < -0.39 is 0 Å². The molecule has 8 nitrogen and oxygen atoms in total. The number of aromatic nitrogens is 3. The van der Waals surface area contributed by atoms with Gasteiger partial charge >= 0.3 is 0 Å². The van der Waals surface area contributed by atoms with Crippen molar-refractivity contribution in [1.82, 2.24) is 30.5 Å². The summed E-state index contributed by atoms with van der Waals surface area (Å²) in [7, 11) is 3.24. The van der Waals surface area contributed by atoms with Gasteiger partial charge in [0.15, 0.2) is 5.69 Å². The summed E-state index contributed by atoms with van der Waals surface area (Å²) in [5, 5.41) is 13.6. The van der Waals surface area contributed by atoms with Crippen LogP contribution in [0.15, 0.2) is 6.20 Å². The number of carbonyl (C=O) groups excluding carboxylic acids is 2. The van der Waals surface area contributed by atoms with Crippen molar-refractivity contribution in [3.63, 3.8) is 0 Å². The molecule has 1 aliphatic rings. The van der Waals surface area contributed by atoms with Gasteiger partial charge in [0.2, 0.25) is 5.91 Å². The van der Waals surface area contributed by atoms with Crippen LogP contribution in [0.5, 0.6) is 0 Å². The normalized spacial score (nSPS) is 16.4. The molecule has 110 valence electrons. The molecule has 1 unspecified atom stereocenters. The molecule has 1 aromatic rings. The van der Waals surface area contributed by atoms with E-state index >= 15 is 0 Å². The van der Waals surface area contributed by atoms with Crippen LogP contribution in [0.4, 0.5) is 0 Å². The highest BCUT2D eigenvalue weighted by Gasteiger charge is 2.24. The number of nitrogens with one attached hydrogen (secondary N) is 2. The number of nitrogens with zero attached hydrogens (tertiary/aromatic N) is 4. The minimum absolute atomic E-state index is 0.0890. The van der Waals surface area contributed by atoms with Crippen molar-refractivity contribution in [3.05, 3.63) is 11.9 Å². The minimum Gasteiger partial charge on any atom is -0.359 e. The second-order valence-electron chi connectivity index (χ2n) is 5.10. The molecule has 1 saturated heterocycles. The van der Waals surface area contributed by atoms with E-state index in [1.54, 1.807) is 31.9 Å². The number of hydrogen-bond donors (Lipinski definition) is 2. The van der Waals surface area contributed by atoms with Crippen molar-refractivity contribution < 1.29 is 9.59 Å². The van der Waals surface area contributed by atoms with E-state index in [0.717, 1.165) is 13.1 Å². The molecule has 1 fully saturated rings. The molecule has 0 bridgehead atoms.